The maximum atomic E-state index is 13.6. The molecule has 0 aliphatic heterocycles. The van der Waals surface area contributed by atoms with Crippen LogP contribution in [0.3, 0.4) is 0 Å². The highest BCUT2D eigenvalue weighted by atomic mass is 35.5. The number of thioether (sulfide) groups is 1. The number of halogens is 3. The van der Waals surface area contributed by atoms with Crippen molar-refractivity contribution in [1.29, 1.82) is 0 Å². The minimum Gasteiger partial charge on any atom is -0.327 e. The van der Waals surface area contributed by atoms with E-state index in [9.17, 15) is 4.39 Å². The fourth-order valence-electron chi connectivity index (χ4n) is 2.21. The van der Waals surface area contributed by atoms with E-state index in [1.807, 2.05) is 16.3 Å². The highest BCUT2D eigenvalue weighted by Crippen LogP contribution is 2.25. The monoisotopic (exact) mass is 334 g/mol. The molecule has 0 aliphatic rings. The van der Waals surface area contributed by atoms with Crippen molar-refractivity contribution in [1.82, 2.24) is 9.55 Å². The van der Waals surface area contributed by atoms with E-state index in [1.54, 1.807) is 6.07 Å². The zero-order valence-electron chi connectivity index (χ0n) is 11.3. The molecule has 1 aromatic carbocycles. The van der Waals surface area contributed by atoms with Crippen LogP contribution in [-0.4, -0.2) is 21.6 Å². The molecule has 0 atom stereocenters. The molecule has 1 heterocycles. The minimum absolute atomic E-state index is 0.100. The Morgan fingerprint density at radius 3 is 2.80 bits per heavy atom. The zero-order chi connectivity index (χ0) is 14.5. The Morgan fingerprint density at radius 1 is 1.30 bits per heavy atom. The average Bonchev–Trinajstić information content (AvgIpc) is 2.76. The number of alkyl halides is 1. The van der Waals surface area contributed by atoms with Crippen LogP contribution >= 0.6 is 35.0 Å². The van der Waals surface area contributed by atoms with Crippen molar-refractivity contribution < 1.29 is 4.39 Å². The number of nitrogens with zero attached hydrogens (tertiary/aromatic N) is 2. The Hall–Kier alpha value is -0.450. The maximum Gasteiger partial charge on any atom is 0.144 e. The lowest BCUT2D eigenvalue weighted by atomic mass is 10.2. The Balaban J connectivity index is 2.19. The molecule has 20 heavy (non-hydrogen) atoms. The van der Waals surface area contributed by atoms with Crippen LogP contribution in [-0.2, 0) is 12.4 Å². The molecule has 2 aromatic rings. The second-order valence-electron chi connectivity index (χ2n) is 4.62. The molecule has 0 spiro atoms. The molecule has 2 nitrogen and oxygen atoms in total. The molecular formula is C14H17Cl2FN2S. The van der Waals surface area contributed by atoms with Gasteiger partial charge in [0.25, 0.3) is 0 Å². The van der Waals surface area contributed by atoms with Crippen molar-refractivity contribution in [2.75, 3.05) is 12.0 Å². The lowest BCUT2D eigenvalue weighted by molar-refractivity contribution is 0.598. The number of rotatable bonds is 7. The van der Waals surface area contributed by atoms with Gasteiger partial charge in [-0.25, -0.2) is 9.37 Å². The summed E-state index contributed by atoms with van der Waals surface area (Å²) in [5, 5.41) is 0.100. The van der Waals surface area contributed by atoms with Crippen LogP contribution in [0.5, 0.6) is 0 Å². The topological polar surface area (TPSA) is 17.8 Å². The van der Waals surface area contributed by atoms with Crippen molar-refractivity contribution in [2.45, 2.75) is 31.7 Å². The lowest BCUT2D eigenvalue weighted by Gasteiger charge is -2.07. The smallest absolute Gasteiger partial charge is 0.144 e. The van der Waals surface area contributed by atoms with Gasteiger partial charge in [0.2, 0.25) is 0 Å². The molecule has 0 bridgehead atoms. The van der Waals surface area contributed by atoms with Gasteiger partial charge >= 0.3 is 0 Å². The second kappa shape index (κ2) is 7.53. The van der Waals surface area contributed by atoms with E-state index in [1.165, 1.54) is 18.2 Å². The third-order valence-electron chi connectivity index (χ3n) is 3.22. The van der Waals surface area contributed by atoms with E-state index in [0.29, 0.717) is 11.4 Å². The first-order chi connectivity index (χ1) is 9.67. The number of imidazole rings is 1. The van der Waals surface area contributed by atoms with Crippen molar-refractivity contribution in [3.05, 3.63) is 28.8 Å². The van der Waals surface area contributed by atoms with Crippen molar-refractivity contribution in [3.8, 4) is 0 Å². The molecule has 0 N–H and O–H groups in total. The van der Waals surface area contributed by atoms with Gasteiger partial charge in [0.15, 0.2) is 0 Å². The Morgan fingerprint density at radius 2 is 2.10 bits per heavy atom. The van der Waals surface area contributed by atoms with E-state index in [2.05, 4.69) is 11.2 Å². The molecule has 0 unspecified atom stereocenters. The molecule has 0 saturated heterocycles. The first kappa shape index (κ1) is 15.9. The van der Waals surface area contributed by atoms with Crippen LogP contribution in [0.1, 0.15) is 25.1 Å². The third kappa shape index (κ3) is 3.60. The van der Waals surface area contributed by atoms with Crippen molar-refractivity contribution >= 4 is 46.0 Å². The van der Waals surface area contributed by atoms with E-state index >= 15 is 0 Å². The average molecular weight is 335 g/mol. The van der Waals surface area contributed by atoms with Crippen LogP contribution in [0.15, 0.2) is 12.1 Å². The first-order valence-electron chi connectivity index (χ1n) is 6.56. The van der Waals surface area contributed by atoms with E-state index < -0.39 is 5.82 Å². The van der Waals surface area contributed by atoms with Crippen LogP contribution in [0.25, 0.3) is 11.0 Å². The molecule has 0 saturated carbocycles. The molecule has 6 heteroatoms. The van der Waals surface area contributed by atoms with Gasteiger partial charge in [0.1, 0.15) is 11.6 Å². The van der Waals surface area contributed by atoms with Gasteiger partial charge in [-0.2, -0.15) is 11.8 Å². The van der Waals surface area contributed by atoms with Gasteiger partial charge in [-0.1, -0.05) is 18.0 Å². The summed E-state index contributed by atoms with van der Waals surface area (Å²) in [6.07, 6.45) is 5.50. The molecule has 0 aliphatic carbocycles. The standard InChI is InChI=1S/C14H17Cl2FN2S/c1-20-6-4-2-3-5-19-13-8-11(17)10(16)7-12(13)18-14(19)9-15/h7-8H,2-6,9H2,1H3. The fourth-order valence-corrected chi connectivity index (χ4v) is 3.07. The fraction of sp³-hybridized carbons (Fsp3) is 0.500. The summed E-state index contributed by atoms with van der Waals surface area (Å²) in [6, 6.07) is 3.01. The van der Waals surface area contributed by atoms with Gasteiger partial charge in [-0.15, -0.1) is 11.6 Å². The molecule has 0 radical (unpaired) electrons. The summed E-state index contributed by atoms with van der Waals surface area (Å²) >= 11 is 13.6. The van der Waals surface area contributed by atoms with E-state index in [4.69, 9.17) is 23.2 Å². The molecule has 110 valence electrons. The van der Waals surface area contributed by atoms with Gasteiger partial charge in [-0.05, 0) is 30.9 Å². The summed E-state index contributed by atoms with van der Waals surface area (Å²) in [7, 11) is 0. The largest absolute Gasteiger partial charge is 0.327 e. The molecule has 2 rings (SSSR count). The zero-order valence-corrected chi connectivity index (χ0v) is 13.7. The highest BCUT2D eigenvalue weighted by molar-refractivity contribution is 7.98. The van der Waals surface area contributed by atoms with Gasteiger partial charge in [-0.3, -0.25) is 0 Å². The molecule has 0 amide bonds. The number of fused-ring (bicyclic) bond motifs is 1. The van der Waals surface area contributed by atoms with Crippen LogP contribution in [0.2, 0.25) is 5.02 Å². The molecular weight excluding hydrogens is 318 g/mol. The van der Waals surface area contributed by atoms with Crippen molar-refractivity contribution in [2.24, 2.45) is 0 Å². The quantitative estimate of drug-likeness (QED) is 0.517. The van der Waals surface area contributed by atoms with Crippen LogP contribution in [0, 0.1) is 5.82 Å². The number of hydrogen-bond donors (Lipinski definition) is 0. The van der Waals surface area contributed by atoms with Gasteiger partial charge in [0.05, 0.1) is 21.9 Å². The highest BCUT2D eigenvalue weighted by Gasteiger charge is 2.12. The van der Waals surface area contributed by atoms with Gasteiger partial charge in [0, 0.05) is 12.6 Å². The normalized spacial score (nSPS) is 11.4. The summed E-state index contributed by atoms with van der Waals surface area (Å²) in [4.78, 5) is 4.42. The maximum absolute atomic E-state index is 13.6. The summed E-state index contributed by atoms with van der Waals surface area (Å²) in [5.41, 5.74) is 1.48. The van der Waals surface area contributed by atoms with Crippen molar-refractivity contribution in [3.63, 3.8) is 0 Å². The third-order valence-corrected chi connectivity index (χ3v) is 4.44. The first-order valence-corrected chi connectivity index (χ1v) is 8.87. The number of benzene rings is 1. The predicted octanol–water partition coefficient (Wildman–Crippen LogP) is 5.10. The second-order valence-corrected chi connectivity index (χ2v) is 6.28. The molecule has 0 fully saturated rings. The SMILES string of the molecule is CSCCCCCn1c(CCl)nc2cc(Cl)c(F)cc21. The van der Waals surface area contributed by atoms with E-state index in [0.717, 1.165) is 30.7 Å². The number of hydrogen-bond acceptors (Lipinski definition) is 2. The van der Waals surface area contributed by atoms with Crippen LogP contribution in [0.4, 0.5) is 4.39 Å². The number of aromatic nitrogens is 2. The Kier molecular flexibility index (Phi) is 6.00. The molecule has 1 aromatic heterocycles. The van der Waals surface area contributed by atoms with E-state index in [-0.39, 0.29) is 5.02 Å². The lowest BCUT2D eigenvalue weighted by Crippen LogP contribution is -2.03. The number of unbranched alkanes of at least 4 members (excludes halogenated alkanes) is 2. The summed E-state index contributed by atoms with van der Waals surface area (Å²) in [5.74, 6) is 1.85. The summed E-state index contributed by atoms with van der Waals surface area (Å²) < 4.78 is 15.6. The predicted molar refractivity (Wildman–Crippen MR) is 86.5 cm³/mol. The van der Waals surface area contributed by atoms with Gasteiger partial charge < -0.3 is 4.57 Å². The number of aryl methyl sites for hydroxylation is 1. The Bertz CT molecular complexity index is 586. The summed E-state index contributed by atoms with van der Waals surface area (Å²) in [6.45, 7) is 0.813. The Labute approximate surface area is 132 Å². The van der Waals surface area contributed by atoms with Crippen LogP contribution < -0.4 is 0 Å². The minimum atomic E-state index is -0.413.